The summed E-state index contributed by atoms with van der Waals surface area (Å²) in [5, 5.41) is 14.2. The van der Waals surface area contributed by atoms with Crippen molar-refractivity contribution in [2.45, 2.75) is 39.3 Å². The molecular formula is C16H21FN4O2. The lowest BCUT2D eigenvalue weighted by Gasteiger charge is -2.33. The molecule has 7 heteroatoms. The standard InChI is InChI=1S/C16H21FN4O2/c1-10(16(3,4)23)20(5)15(22)14-18-11(2)21(19-14)13-8-6-12(17)7-9-13/h6-10,23H,1-5H3. The lowest BCUT2D eigenvalue weighted by molar-refractivity contribution is 0.0000970. The summed E-state index contributed by atoms with van der Waals surface area (Å²) in [6.45, 7) is 6.74. The van der Waals surface area contributed by atoms with E-state index >= 15 is 0 Å². The minimum Gasteiger partial charge on any atom is -0.388 e. The van der Waals surface area contributed by atoms with E-state index in [2.05, 4.69) is 10.1 Å². The molecule has 0 spiro atoms. The van der Waals surface area contributed by atoms with Gasteiger partial charge in [0, 0.05) is 7.05 Å². The highest BCUT2D eigenvalue weighted by Gasteiger charge is 2.31. The van der Waals surface area contributed by atoms with Gasteiger partial charge in [0.2, 0.25) is 5.82 Å². The summed E-state index contributed by atoms with van der Waals surface area (Å²) < 4.78 is 14.5. The Morgan fingerprint density at radius 2 is 1.91 bits per heavy atom. The number of carbonyl (C=O) groups is 1. The summed E-state index contributed by atoms with van der Waals surface area (Å²) in [7, 11) is 1.60. The molecule has 1 amide bonds. The lowest BCUT2D eigenvalue weighted by atomic mass is 9.99. The molecule has 1 unspecified atom stereocenters. The molecule has 0 radical (unpaired) electrons. The fourth-order valence-corrected chi connectivity index (χ4v) is 2.12. The van der Waals surface area contributed by atoms with Gasteiger partial charge in [0.25, 0.3) is 5.91 Å². The second kappa shape index (κ2) is 6.08. The first-order chi connectivity index (χ1) is 10.6. The second-order valence-corrected chi connectivity index (χ2v) is 6.12. The maximum atomic E-state index is 13.0. The van der Waals surface area contributed by atoms with Gasteiger partial charge in [-0.25, -0.2) is 14.1 Å². The number of halogens is 1. The van der Waals surface area contributed by atoms with Gasteiger partial charge in [0.1, 0.15) is 11.6 Å². The number of hydrogen-bond donors (Lipinski definition) is 1. The van der Waals surface area contributed by atoms with Crippen LogP contribution in [0.3, 0.4) is 0 Å². The normalized spacial score (nSPS) is 13.0. The number of likely N-dealkylation sites (N-methyl/N-ethyl adjacent to an activating group) is 1. The number of hydrogen-bond acceptors (Lipinski definition) is 4. The summed E-state index contributed by atoms with van der Waals surface area (Å²) in [6.07, 6.45) is 0. The fraction of sp³-hybridized carbons (Fsp3) is 0.438. The van der Waals surface area contributed by atoms with Crippen molar-refractivity contribution in [2.24, 2.45) is 0 Å². The Morgan fingerprint density at radius 3 is 2.43 bits per heavy atom. The highest BCUT2D eigenvalue weighted by atomic mass is 19.1. The average molecular weight is 320 g/mol. The molecular weight excluding hydrogens is 299 g/mol. The molecule has 0 aliphatic rings. The predicted octanol–water partition coefficient (Wildman–Crippen LogP) is 1.95. The van der Waals surface area contributed by atoms with Crippen molar-refractivity contribution < 1.29 is 14.3 Å². The van der Waals surface area contributed by atoms with Crippen LogP contribution in [0, 0.1) is 12.7 Å². The Morgan fingerprint density at radius 1 is 1.35 bits per heavy atom. The molecule has 0 bridgehead atoms. The van der Waals surface area contributed by atoms with E-state index in [1.165, 1.54) is 21.7 Å². The van der Waals surface area contributed by atoms with Gasteiger partial charge in [-0.1, -0.05) is 0 Å². The summed E-state index contributed by atoms with van der Waals surface area (Å²) in [5.74, 6) is -0.181. The minimum absolute atomic E-state index is 0.0328. The molecule has 0 fully saturated rings. The van der Waals surface area contributed by atoms with Gasteiger partial charge in [0.15, 0.2) is 0 Å². The fourth-order valence-electron chi connectivity index (χ4n) is 2.12. The number of amides is 1. The first-order valence-electron chi connectivity index (χ1n) is 7.30. The molecule has 2 aromatic rings. The largest absolute Gasteiger partial charge is 0.388 e. The van der Waals surface area contributed by atoms with E-state index in [-0.39, 0.29) is 17.5 Å². The monoisotopic (exact) mass is 320 g/mol. The van der Waals surface area contributed by atoms with Crippen LogP contribution in [-0.4, -0.2) is 49.4 Å². The SMILES string of the molecule is Cc1nc(C(=O)N(C)C(C)C(C)(C)O)nn1-c1ccc(F)cc1. The van der Waals surface area contributed by atoms with Crippen molar-refractivity contribution in [3.05, 3.63) is 41.7 Å². The van der Waals surface area contributed by atoms with E-state index in [0.717, 1.165) is 0 Å². The Bertz CT molecular complexity index is 704. The van der Waals surface area contributed by atoms with Gasteiger partial charge in [0.05, 0.1) is 17.3 Å². The average Bonchev–Trinajstić information content (AvgIpc) is 2.86. The van der Waals surface area contributed by atoms with Crippen LogP contribution in [0.5, 0.6) is 0 Å². The van der Waals surface area contributed by atoms with Gasteiger partial charge >= 0.3 is 0 Å². The molecule has 1 N–H and O–H groups in total. The van der Waals surface area contributed by atoms with Crippen molar-refractivity contribution in [1.82, 2.24) is 19.7 Å². The Balaban J connectivity index is 2.30. The van der Waals surface area contributed by atoms with E-state index < -0.39 is 11.6 Å². The topological polar surface area (TPSA) is 71.2 Å². The minimum atomic E-state index is -1.04. The van der Waals surface area contributed by atoms with E-state index in [0.29, 0.717) is 11.5 Å². The molecule has 0 saturated heterocycles. The lowest BCUT2D eigenvalue weighted by Crippen LogP contribution is -2.48. The van der Waals surface area contributed by atoms with Crippen molar-refractivity contribution >= 4 is 5.91 Å². The number of aryl methyl sites for hydroxylation is 1. The molecule has 124 valence electrons. The van der Waals surface area contributed by atoms with Gasteiger partial charge in [-0.05, 0) is 52.0 Å². The summed E-state index contributed by atoms with van der Waals surface area (Å²) in [6, 6.07) is 5.36. The Labute approximate surface area is 134 Å². The van der Waals surface area contributed by atoms with Crippen molar-refractivity contribution in [3.8, 4) is 5.69 Å². The maximum Gasteiger partial charge on any atom is 0.293 e. The molecule has 1 heterocycles. The van der Waals surface area contributed by atoms with Crippen LogP contribution in [0.1, 0.15) is 37.2 Å². The molecule has 2 rings (SSSR count). The van der Waals surface area contributed by atoms with Gasteiger partial charge in [-0.15, -0.1) is 5.10 Å². The third kappa shape index (κ3) is 3.56. The third-order valence-electron chi connectivity index (χ3n) is 3.96. The quantitative estimate of drug-likeness (QED) is 0.934. The molecule has 6 nitrogen and oxygen atoms in total. The number of aromatic nitrogens is 3. The molecule has 0 aliphatic carbocycles. The van der Waals surface area contributed by atoms with Crippen LogP contribution in [0.25, 0.3) is 5.69 Å². The van der Waals surface area contributed by atoms with Crippen LogP contribution in [-0.2, 0) is 0 Å². The van der Waals surface area contributed by atoms with Crippen LogP contribution >= 0.6 is 0 Å². The molecule has 0 saturated carbocycles. The maximum absolute atomic E-state index is 13.0. The zero-order chi connectivity index (χ0) is 17.4. The van der Waals surface area contributed by atoms with Crippen LogP contribution < -0.4 is 0 Å². The molecule has 0 aliphatic heterocycles. The third-order valence-corrected chi connectivity index (χ3v) is 3.96. The van der Waals surface area contributed by atoms with Crippen molar-refractivity contribution in [2.75, 3.05) is 7.05 Å². The number of carbonyl (C=O) groups excluding carboxylic acids is 1. The first-order valence-corrected chi connectivity index (χ1v) is 7.30. The van der Waals surface area contributed by atoms with Gasteiger partial charge in [-0.2, -0.15) is 0 Å². The van der Waals surface area contributed by atoms with Gasteiger partial charge < -0.3 is 10.0 Å². The van der Waals surface area contributed by atoms with Crippen molar-refractivity contribution in [1.29, 1.82) is 0 Å². The second-order valence-electron chi connectivity index (χ2n) is 6.12. The van der Waals surface area contributed by atoms with Crippen LogP contribution in [0.15, 0.2) is 24.3 Å². The van der Waals surface area contributed by atoms with Crippen LogP contribution in [0.4, 0.5) is 4.39 Å². The number of nitrogens with zero attached hydrogens (tertiary/aromatic N) is 4. The van der Waals surface area contributed by atoms with Crippen molar-refractivity contribution in [3.63, 3.8) is 0 Å². The highest BCUT2D eigenvalue weighted by molar-refractivity contribution is 5.90. The summed E-state index contributed by atoms with van der Waals surface area (Å²) in [5.41, 5.74) is -0.424. The van der Waals surface area contributed by atoms with E-state index in [1.807, 2.05) is 0 Å². The van der Waals surface area contributed by atoms with Crippen LogP contribution in [0.2, 0.25) is 0 Å². The summed E-state index contributed by atoms with van der Waals surface area (Å²) in [4.78, 5) is 18.1. The number of rotatable bonds is 4. The van der Waals surface area contributed by atoms with E-state index in [4.69, 9.17) is 0 Å². The molecule has 1 aromatic heterocycles. The van der Waals surface area contributed by atoms with E-state index in [1.54, 1.807) is 46.9 Å². The zero-order valence-corrected chi connectivity index (χ0v) is 13.9. The highest BCUT2D eigenvalue weighted by Crippen LogP contribution is 2.16. The Hall–Kier alpha value is -2.28. The van der Waals surface area contributed by atoms with Gasteiger partial charge in [-0.3, -0.25) is 4.79 Å². The Kier molecular flexibility index (Phi) is 4.51. The molecule has 23 heavy (non-hydrogen) atoms. The number of aliphatic hydroxyl groups is 1. The molecule has 1 atom stereocenters. The zero-order valence-electron chi connectivity index (χ0n) is 13.9. The summed E-state index contributed by atoms with van der Waals surface area (Å²) >= 11 is 0. The molecule has 1 aromatic carbocycles. The predicted molar refractivity (Wildman–Crippen MR) is 83.9 cm³/mol. The van der Waals surface area contributed by atoms with E-state index in [9.17, 15) is 14.3 Å². The first kappa shape index (κ1) is 17.1. The number of benzene rings is 1. The smallest absolute Gasteiger partial charge is 0.293 e.